The van der Waals surface area contributed by atoms with Crippen molar-refractivity contribution in [2.24, 2.45) is 0 Å². The minimum Gasteiger partial charge on any atom is -0.496 e. The Kier molecular flexibility index (Phi) is 4.05. The molecule has 0 unspecified atom stereocenters. The van der Waals surface area contributed by atoms with E-state index in [1.54, 1.807) is 37.3 Å². The van der Waals surface area contributed by atoms with E-state index in [1.807, 2.05) is 0 Å². The van der Waals surface area contributed by atoms with E-state index in [0.717, 1.165) is 16.2 Å². The number of aryl methyl sites for hydroxylation is 1. The number of nitrogens with one attached hydrogen (secondary N) is 1. The molecule has 0 aliphatic heterocycles. The lowest BCUT2D eigenvalue weighted by Gasteiger charge is -2.08. The summed E-state index contributed by atoms with van der Waals surface area (Å²) in [5.74, 6) is -1.02. The number of anilines is 1. The summed E-state index contributed by atoms with van der Waals surface area (Å²) in [5.41, 5.74) is 0.658. The van der Waals surface area contributed by atoms with E-state index in [2.05, 4.69) is 5.32 Å². The number of methoxy groups -OCH3 is 1. The first kappa shape index (κ1) is 14.1. The molecule has 1 heterocycles. The molecule has 0 spiro atoms. The summed E-state index contributed by atoms with van der Waals surface area (Å²) in [6, 6.07) is 8.41. The highest BCUT2D eigenvalue weighted by Gasteiger charge is 2.18. The molecule has 2 rings (SSSR count). The third-order valence-corrected chi connectivity index (χ3v) is 3.69. The molecule has 0 aliphatic carbocycles. The van der Waals surface area contributed by atoms with Crippen LogP contribution in [0, 0.1) is 6.92 Å². The monoisotopic (exact) mass is 291 g/mol. The standard InChI is InChI=1S/C14H13NO4S/c1-8-7-10(12(20-8)14(17)18)15-13(16)9-5-3-4-6-11(9)19-2/h3-7H,1-2H3,(H,15,16)(H,17,18). The van der Waals surface area contributed by atoms with E-state index in [-0.39, 0.29) is 4.88 Å². The van der Waals surface area contributed by atoms with Crippen LogP contribution in [0.3, 0.4) is 0 Å². The first-order valence-electron chi connectivity index (χ1n) is 5.81. The van der Waals surface area contributed by atoms with Gasteiger partial charge in [0.25, 0.3) is 5.91 Å². The van der Waals surface area contributed by atoms with Gasteiger partial charge in [0, 0.05) is 4.88 Å². The van der Waals surface area contributed by atoms with Crippen molar-refractivity contribution in [2.45, 2.75) is 6.92 Å². The molecule has 20 heavy (non-hydrogen) atoms. The van der Waals surface area contributed by atoms with Gasteiger partial charge in [-0.2, -0.15) is 0 Å². The fourth-order valence-corrected chi connectivity index (χ4v) is 2.59. The summed E-state index contributed by atoms with van der Waals surface area (Å²) in [5, 5.41) is 11.7. The predicted octanol–water partition coefficient (Wildman–Crippen LogP) is 3.02. The Morgan fingerprint density at radius 3 is 2.65 bits per heavy atom. The van der Waals surface area contributed by atoms with Crippen LogP contribution >= 0.6 is 11.3 Å². The number of thiophene rings is 1. The maximum absolute atomic E-state index is 12.2. The van der Waals surface area contributed by atoms with E-state index in [9.17, 15) is 9.59 Å². The van der Waals surface area contributed by atoms with Gasteiger partial charge in [0.2, 0.25) is 0 Å². The van der Waals surface area contributed by atoms with Crippen molar-refractivity contribution in [3.63, 3.8) is 0 Å². The van der Waals surface area contributed by atoms with Crippen LogP contribution in [-0.2, 0) is 0 Å². The number of benzene rings is 1. The van der Waals surface area contributed by atoms with Crippen molar-refractivity contribution in [1.82, 2.24) is 0 Å². The number of carboxylic acids is 1. The molecule has 0 atom stereocenters. The van der Waals surface area contributed by atoms with Crippen molar-refractivity contribution in [2.75, 3.05) is 12.4 Å². The fourth-order valence-electron chi connectivity index (χ4n) is 1.79. The van der Waals surface area contributed by atoms with Gasteiger partial charge in [-0.1, -0.05) is 12.1 Å². The number of amides is 1. The average molecular weight is 291 g/mol. The van der Waals surface area contributed by atoms with E-state index in [1.165, 1.54) is 7.11 Å². The molecule has 1 amide bonds. The summed E-state index contributed by atoms with van der Waals surface area (Å²) in [4.78, 5) is 24.2. The van der Waals surface area contributed by atoms with Crippen molar-refractivity contribution in [3.05, 3.63) is 45.6 Å². The van der Waals surface area contributed by atoms with Crippen LogP contribution in [0.1, 0.15) is 24.9 Å². The minimum absolute atomic E-state index is 0.116. The number of para-hydroxylation sites is 1. The number of carbonyl (C=O) groups is 2. The van der Waals surface area contributed by atoms with E-state index in [4.69, 9.17) is 9.84 Å². The molecule has 1 aromatic heterocycles. The number of carboxylic acid groups (broad SMARTS) is 1. The highest BCUT2D eigenvalue weighted by atomic mass is 32.1. The molecule has 0 aliphatic rings. The highest BCUT2D eigenvalue weighted by Crippen LogP contribution is 2.28. The summed E-state index contributed by atoms with van der Waals surface area (Å²) in [6.45, 7) is 1.79. The van der Waals surface area contributed by atoms with Crippen LogP contribution in [-0.4, -0.2) is 24.1 Å². The van der Waals surface area contributed by atoms with Crippen molar-refractivity contribution in [1.29, 1.82) is 0 Å². The van der Waals surface area contributed by atoms with Gasteiger partial charge in [-0.25, -0.2) is 4.79 Å². The Morgan fingerprint density at radius 1 is 1.30 bits per heavy atom. The largest absolute Gasteiger partial charge is 0.496 e. The summed E-state index contributed by atoms with van der Waals surface area (Å²) in [6.07, 6.45) is 0. The molecule has 2 aromatic rings. The average Bonchev–Trinajstić information content (AvgIpc) is 2.79. The van der Waals surface area contributed by atoms with Gasteiger partial charge in [0.1, 0.15) is 10.6 Å². The fraction of sp³-hybridized carbons (Fsp3) is 0.143. The predicted molar refractivity (Wildman–Crippen MR) is 77.0 cm³/mol. The van der Waals surface area contributed by atoms with Crippen LogP contribution in [0.5, 0.6) is 5.75 Å². The van der Waals surface area contributed by atoms with Crippen LogP contribution in [0.15, 0.2) is 30.3 Å². The van der Waals surface area contributed by atoms with Crippen LogP contribution in [0.25, 0.3) is 0 Å². The maximum Gasteiger partial charge on any atom is 0.348 e. The third-order valence-electron chi connectivity index (χ3n) is 2.65. The lowest BCUT2D eigenvalue weighted by atomic mass is 10.2. The number of hydrogen-bond acceptors (Lipinski definition) is 4. The summed E-state index contributed by atoms with van der Waals surface area (Å²) < 4.78 is 5.11. The first-order chi connectivity index (χ1) is 9.52. The maximum atomic E-state index is 12.2. The highest BCUT2D eigenvalue weighted by molar-refractivity contribution is 7.14. The van der Waals surface area contributed by atoms with Gasteiger partial charge in [-0.3, -0.25) is 4.79 Å². The molecular formula is C14H13NO4S. The van der Waals surface area contributed by atoms with Gasteiger partial charge in [-0.05, 0) is 25.1 Å². The topological polar surface area (TPSA) is 75.6 Å². The van der Waals surface area contributed by atoms with Gasteiger partial charge in [0.15, 0.2) is 0 Å². The van der Waals surface area contributed by atoms with Crippen molar-refractivity contribution < 1.29 is 19.4 Å². The Bertz CT molecular complexity index is 663. The molecule has 6 heteroatoms. The van der Waals surface area contributed by atoms with Gasteiger partial charge < -0.3 is 15.2 Å². The number of aromatic carboxylic acids is 1. The van der Waals surface area contributed by atoms with E-state index >= 15 is 0 Å². The van der Waals surface area contributed by atoms with E-state index in [0.29, 0.717) is 17.0 Å². The van der Waals surface area contributed by atoms with Crippen LogP contribution in [0.4, 0.5) is 5.69 Å². The molecule has 2 N–H and O–H groups in total. The van der Waals surface area contributed by atoms with Crippen molar-refractivity contribution in [3.8, 4) is 5.75 Å². The Hall–Kier alpha value is -2.34. The number of carbonyl (C=O) groups excluding carboxylic acids is 1. The molecule has 0 fully saturated rings. The lowest BCUT2D eigenvalue weighted by Crippen LogP contribution is -2.14. The van der Waals surface area contributed by atoms with Gasteiger partial charge in [0.05, 0.1) is 18.4 Å². The van der Waals surface area contributed by atoms with Gasteiger partial charge >= 0.3 is 5.97 Å². The van der Waals surface area contributed by atoms with Crippen LogP contribution < -0.4 is 10.1 Å². The molecule has 0 bridgehead atoms. The second kappa shape index (κ2) is 5.75. The van der Waals surface area contributed by atoms with E-state index < -0.39 is 11.9 Å². The Balaban J connectivity index is 2.30. The third kappa shape index (κ3) is 2.80. The first-order valence-corrected chi connectivity index (χ1v) is 6.62. The Morgan fingerprint density at radius 2 is 2.00 bits per heavy atom. The molecule has 0 saturated heterocycles. The zero-order chi connectivity index (χ0) is 14.7. The number of rotatable bonds is 4. The van der Waals surface area contributed by atoms with Gasteiger partial charge in [-0.15, -0.1) is 11.3 Å². The molecule has 0 saturated carbocycles. The molecule has 104 valence electrons. The number of ether oxygens (including phenoxy) is 1. The minimum atomic E-state index is -1.06. The second-order valence-corrected chi connectivity index (χ2v) is 5.32. The zero-order valence-electron chi connectivity index (χ0n) is 11.0. The molecule has 1 aromatic carbocycles. The second-order valence-electron chi connectivity index (χ2n) is 4.06. The number of hydrogen-bond donors (Lipinski definition) is 2. The summed E-state index contributed by atoms with van der Waals surface area (Å²) in [7, 11) is 1.48. The normalized spacial score (nSPS) is 10.1. The van der Waals surface area contributed by atoms with Crippen LogP contribution in [0.2, 0.25) is 0 Å². The van der Waals surface area contributed by atoms with Crippen molar-refractivity contribution >= 4 is 28.9 Å². The SMILES string of the molecule is COc1ccccc1C(=O)Nc1cc(C)sc1C(=O)O. The summed E-state index contributed by atoms with van der Waals surface area (Å²) >= 11 is 1.12. The Labute approximate surface area is 119 Å². The smallest absolute Gasteiger partial charge is 0.348 e. The molecule has 5 nitrogen and oxygen atoms in total. The quantitative estimate of drug-likeness (QED) is 0.908. The zero-order valence-corrected chi connectivity index (χ0v) is 11.8. The molecular weight excluding hydrogens is 278 g/mol. The molecule has 0 radical (unpaired) electrons. The lowest BCUT2D eigenvalue weighted by molar-refractivity contribution is 0.0703.